The molecule has 2 amide bonds. The summed E-state index contributed by atoms with van der Waals surface area (Å²) in [6, 6.07) is 15.6. The first-order valence-electron chi connectivity index (χ1n) is 9.66. The molecule has 5 nitrogen and oxygen atoms in total. The SMILES string of the molecule is C[C@H]1C[C@@H](C(=O)Nc2cccc(C(=O)N3CCc4ccccc43)c2)CCN1.Cl. The Morgan fingerprint density at radius 2 is 1.96 bits per heavy atom. The average Bonchev–Trinajstić information content (AvgIpc) is 3.12. The number of nitrogens with zero attached hydrogens (tertiary/aromatic N) is 1. The van der Waals surface area contributed by atoms with Crippen molar-refractivity contribution in [3.05, 3.63) is 59.7 Å². The molecule has 2 aromatic carbocycles. The molecule has 28 heavy (non-hydrogen) atoms. The second-order valence-corrected chi connectivity index (χ2v) is 7.48. The van der Waals surface area contributed by atoms with Gasteiger partial charge in [-0.2, -0.15) is 0 Å². The summed E-state index contributed by atoms with van der Waals surface area (Å²) in [7, 11) is 0. The van der Waals surface area contributed by atoms with Crippen molar-refractivity contribution in [2.75, 3.05) is 23.3 Å². The molecule has 1 fully saturated rings. The zero-order valence-electron chi connectivity index (χ0n) is 16.0. The Morgan fingerprint density at radius 3 is 2.79 bits per heavy atom. The predicted molar refractivity (Wildman–Crippen MR) is 114 cm³/mol. The van der Waals surface area contributed by atoms with Gasteiger partial charge in [-0.05, 0) is 62.6 Å². The molecule has 6 heteroatoms. The van der Waals surface area contributed by atoms with Crippen LogP contribution in [0, 0.1) is 5.92 Å². The predicted octanol–water partition coefficient (Wildman–Crippen LogP) is 3.64. The number of rotatable bonds is 3. The van der Waals surface area contributed by atoms with Crippen molar-refractivity contribution in [1.29, 1.82) is 0 Å². The molecule has 2 aliphatic heterocycles. The summed E-state index contributed by atoms with van der Waals surface area (Å²) < 4.78 is 0. The summed E-state index contributed by atoms with van der Waals surface area (Å²) in [5.74, 6) is 0.0390. The van der Waals surface area contributed by atoms with Crippen molar-refractivity contribution in [3.63, 3.8) is 0 Å². The highest BCUT2D eigenvalue weighted by molar-refractivity contribution is 6.08. The molecule has 0 aromatic heterocycles. The fourth-order valence-electron chi connectivity index (χ4n) is 4.05. The van der Waals surface area contributed by atoms with Gasteiger partial charge in [-0.1, -0.05) is 24.3 Å². The van der Waals surface area contributed by atoms with E-state index in [1.54, 1.807) is 6.07 Å². The van der Waals surface area contributed by atoms with Gasteiger partial charge in [0.25, 0.3) is 5.91 Å². The van der Waals surface area contributed by atoms with Gasteiger partial charge in [-0.15, -0.1) is 12.4 Å². The summed E-state index contributed by atoms with van der Waals surface area (Å²) in [5, 5.41) is 6.36. The highest BCUT2D eigenvalue weighted by atomic mass is 35.5. The lowest BCUT2D eigenvalue weighted by Gasteiger charge is -2.27. The largest absolute Gasteiger partial charge is 0.326 e. The third kappa shape index (κ3) is 4.21. The zero-order chi connectivity index (χ0) is 18.8. The number of hydrogen-bond acceptors (Lipinski definition) is 3. The monoisotopic (exact) mass is 399 g/mol. The minimum absolute atomic E-state index is 0. The summed E-state index contributed by atoms with van der Waals surface area (Å²) in [5.41, 5.74) is 3.48. The van der Waals surface area contributed by atoms with Gasteiger partial charge in [0, 0.05) is 35.4 Å². The number of halogens is 1. The summed E-state index contributed by atoms with van der Waals surface area (Å²) in [6.45, 7) is 3.67. The maximum absolute atomic E-state index is 13.0. The van der Waals surface area contributed by atoms with E-state index in [9.17, 15) is 9.59 Å². The second-order valence-electron chi connectivity index (χ2n) is 7.48. The maximum atomic E-state index is 13.0. The molecular weight excluding hydrogens is 374 g/mol. The molecule has 0 spiro atoms. The molecule has 2 heterocycles. The number of piperidine rings is 1. The van der Waals surface area contributed by atoms with Crippen LogP contribution in [0.2, 0.25) is 0 Å². The Balaban J connectivity index is 0.00000225. The van der Waals surface area contributed by atoms with E-state index in [1.807, 2.05) is 41.3 Å². The summed E-state index contributed by atoms with van der Waals surface area (Å²) in [4.78, 5) is 27.4. The first-order chi connectivity index (χ1) is 13.1. The van der Waals surface area contributed by atoms with Gasteiger partial charge >= 0.3 is 0 Å². The number of benzene rings is 2. The van der Waals surface area contributed by atoms with E-state index in [-0.39, 0.29) is 30.1 Å². The second kappa shape index (κ2) is 8.76. The van der Waals surface area contributed by atoms with Gasteiger partial charge in [-0.3, -0.25) is 9.59 Å². The molecule has 0 unspecified atom stereocenters. The molecule has 2 aromatic rings. The molecule has 2 aliphatic rings. The highest BCUT2D eigenvalue weighted by Crippen LogP contribution is 2.29. The number of carbonyl (C=O) groups excluding carboxylic acids is 2. The number of para-hydroxylation sites is 1. The van der Waals surface area contributed by atoms with Crippen LogP contribution in [0.25, 0.3) is 0 Å². The smallest absolute Gasteiger partial charge is 0.258 e. The Morgan fingerprint density at radius 1 is 1.14 bits per heavy atom. The van der Waals surface area contributed by atoms with Crippen LogP contribution in [0.5, 0.6) is 0 Å². The molecule has 1 saturated heterocycles. The number of hydrogen-bond donors (Lipinski definition) is 2. The highest BCUT2D eigenvalue weighted by Gasteiger charge is 2.26. The number of carbonyl (C=O) groups is 2. The Hall–Kier alpha value is -2.37. The molecule has 4 rings (SSSR count). The normalized spacial score (nSPS) is 20.8. The molecule has 0 radical (unpaired) electrons. The summed E-state index contributed by atoms with van der Waals surface area (Å²) >= 11 is 0. The maximum Gasteiger partial charge on any atom is 0.258 e. The third-order valence-electron chi connectivity index (χ3n) is 5.50. The minimum atomic E-state index is -0.0217. The van der Waals surface area contributed by atoms with Crippen molar-refractivity contribution < 1.29 is 9.59 Å². The van der Waals surface area contributed by atoms with Crippen LogP contribution in [0.1, 0.15) is 35.7 Å². The van der Waals surface area contributed by atoms with Crippen LogP contribution in [0.3, 0.4) is 0 Å². The van der Waals surface area contributed by atoms with E-state index in [4.69, 9.17) is 0 Å². The van der Waals surface area contributed by atoms with E-state index < -0.39 is 0 Å². The van der Waals surface area contributed by atoms with Crippen LogP contribution in [0.15, 0.2) is 48.5 Å². The molecular formula is C22H26ClN3O2. The van der Waals surface area contributed by atoms with E-state index in [2.05, 4.69) is 23.6 Å². The van der Waals surface area contributed by atoms with Crippen molar-refractivity contribution in [3.8, 4) is 0 Å². The average molecular weight is 400 g/mol. The lowest BCUT2D eigenvalue weighted by Crippen LogP contribution is -2.40. The van der Waals surface area contributed by atoms with Crippen molar-refractivity contribution >= 4 is 35.6 Å². The van der Waals surface area contributed by atoms with Crippen LogP contribution in [-0.2, 0) is 11.2 Å². The van der Waals surface area contributed by atoms with Crippen LogP contribution < -0.4 is 15.5 Å². The first-order valence-corrected chi connectivity index (χ1v) is 9.66. The van der Waals surface area contributed by atoms with Crippen molar-refractivity contribution in [2.45, 2.75) is 32.2 Å². The van der Waals surface area contributed by atoms with E-state index in [0.29, 0.717) is 23.8 Å². The summed E-state index contributed by atoms with van der Waals surface area (Å²) in [6.07, 6.45) is 2.57. The zero-order valence-corrected chi connectivity index (χ0v) is 16.8. The molecule has 0 aliphatic carbocycles. The van der Waals surface area contributed by atoms with Gasteiger partial charge < -0.3 is 15.5 Å². The molecule has 0 bridgehead atoms. The molecule has 148 valence electrons. The fourth-order valence-corrected chi connectivity index (χ4v) is 4.05. The van der Waals surface area contributed by atoms with E-state index >= 15 is 0 Å². The lowest BCUT2D eigenvalue weighted by atomic mass is 9.92. The van der Waals surface area contributed by atoms with Gasteiger partial charge in [0.05, 0.1) is 0 Å². The van der Waals surface area contributed by atoms with Crippen LogP contribution in [-0.4, -0.2) is 30.9 Å². The van der Waals surface area contributed by atoms with E-state index in [0.717, 1.165) is 31.5 Å². The first kappa shape index (κ1) is 20.4. The molecule has 2 atom stereocenters. The van der Waals surface area contributed by atoms with Gasteiger partial charge in [0.2, 0.25) is 5.91 Å². The molecule has 2 N–H and O–H groups in total. The van der Waals surface area contributed by atoms with Crippen LogP contribution in [0.4, 0.5) is 11.4 Å². The topological polar surface area (TPSA) is 61.4 Å². The third-order valence-corrected chi connectivity index (χ3v) is 5.50. The Bertz CT molecular complexity index is 870. The number of amides is 2. The van der Waals surface area contributed by atoms with Crippen molar-refractivity contribution in [1.82, 2.24) is 5.32 Å². The quantitative estimate of drug-likeness (QED) is 0.828. The van der Waals surface area contributed by atoms with Crippen LogP contribution >= 0.6 is 12.4 Å². The minimum Gasteiger partial charge on any atom is -0.326 e. The van der Waals surface area contributed by atoms with E-state index in [1.165, 1.54) is 5.56 Å². The Labute approximate surface area is 171 Å². The van der Waals surface area contributed by atoms with Gasteiger partial charge in [-0.25, -0.2) is 0 Å². The number of anilines is 2. The lowest BCUT2D eigenvalue weighted by molar-refractivity contribution is -0.120. The van der Waals surface area contributed by atoms with Crippen molar-refractivity contribution in [2.24, 2.45) is 5.92 Å². The fraction of sp³-hybridized carbons (Fsp3) is 0.364. The van der Waals surface area contributed by atoms with Gasteiger partial charge in [0.1, 0.15) is 0 Å². The standard InChI is InChI=1S/C22H25N3O2.ClH/c1-15-13-17(9-11-23-15)21(26)24-19-7-4-6-18(14-19)22(27)25-12-10-16-5-2-3-8-20(16)25;/h2-8,14-15,17,23H,9-13H2,1H3,(H,24,26);1H/t15-,17-;/m0./s1. The van der Waals surface area contributed by atoms with Gasteiger partial charge in [0.15, 0.2) is 0 Å². The number of nitrogens with one attached hydrogen (secondary N) is 2. The Kier molecular flexibility index (Phi) is 6.37. The molecule has 0 saturated carbocycles. The number of fused-ring (bicyclic) bond motifs is 1.